The Morgan fingerprint density at radius 1 is 1.14 bits per heavy atom. The third-order valence-electron chi connectivity index (χ3n) is 4.59. The number of hydrogen-bond acceptors (Lipinski definition) is 2. The number of nitrogens with one attached hydrogen (secondary N) is 2. The van der Waals surface area contributed by atoms with Crippen molar-refractivity contribution in [2.45, 2.75) is 65.2 Å². The van der Waals surface area contributed by atoms with E-state index in [-0.39, 0.29) is 12.6 Å². The highest BCUT2D eigenvalue weighted by atomic mass is 16.4. The average Bonchev–Trinajstić information content (AvgIpc) is 2.46. The Morgan fingerprint density at radius 3 is 2.38 bits per heavy atom. The molecule has 5 heteroatoms. The smallest absolute Gasteiger partial charge is 0.314 e. The number of carbonyl (C=O) groups excluding carboxylic acids is 1. The van der Waals surface area contributed by atoms with Crippen molar-refractivity contribution in [2.75, 3.05) is 13.1 Å². The first kappa shape index (κ1) is 17.8. The molecular formula is C16H30N2O3. The molecule has 2 amide bonds. The van der Waals surface area contributed by atoms with Crippen molar-refractivity contribution in [3.8, 4) is 0 Å². The van der Waals surface area contributed by atoms with Crippen LogP contribution in [0.5, 0.6) is 0 Å². The zero-order valence-corrected chi connectivity index (χ0v) is 13.4. The van der Waals surface area contributed by atoms with E-state index in [0.29, 0.717) is 25.3 Å². The topological polar surface area (TPSA) is 78.4 Å². The molecule has 0 aromatic rings. The van der Waals surface area contributed by atoms with E-state index in [2.05, 4.69) is 24.5 Å². The van der Waals surface area contributed by atoms with E-state index < -0.39 is 11.4 Å². The predicted molar refractivity (Wildman–Crippen MR) is 83.2 cm³/mol. The molecule has 5 nitrogen and oxygen atoms in total. The number of hydrogen-bond donors (Lipinski definition) is 3. The molecule has 0 aromatic carbocycles. The van der Waals surface area contributed by atoms with Crippen LogP contribution < -0.4 is 10.6 Å². The number of carboxylic acid groups (broad SMARTS) is 1. The van der Waals surface area contributed by atoms with Crippen molar-refractivity contribution in [2.24, 2.45) is 11.3 Å². The van der Waals surface area contributed by atoms with Crippen molar-refractivity contribution < 1.29 is 14.7 Å². The third-order valence-corrected chi connectivity index (χ3v) is 4.59. The van der Waals surface area contributed by atoms with Gasteiger partial charge in [-0.1, -0.05) is 33.1 Å². The minimum atomic E-state index is -0.780. The van der Waals surface area contributed by atoms with Crippen LogP contribution >= 0.6 is 0 Å². The van der Waals surface area contributed by atoms with Gasteiger partial charge >= 0.3 is 12.0 Å². The van der Waals surface area contributed by atoms with E-state index in [1.807, 2.05) is 0 Å². The number of carboxylic acids is 1. The van der Waals surface area contributed by atoms with Crippen LogP contribution in [0.1, 0.15) is 65.2 Å². The summed E-state index contributed by atoms with van der Waals surface area (Å²) in [5, 5.41) is 15.0. The van der Waals surface area contributed by atoms with Crippen LogP contribution in [0.15, 0.2) is 0 Å². The second kappa shape index (κ2) is 8.90. The summed E-state index contributed by atoms with van der Waals surface area (Å²) < 4.78 is 0. The van der Waals surface area contributed by atoms with Gasteiger partial charge in [0.05, 0.1) is 5.41 Å². The summed E-state index contributed by atoms with van der Waals surface area (Å²) in [4.78, 5) is 23.3. The van der Waals surface area contributed by atoms with Crippen LogP contribution in [-0.2, 0) is 4.79 Å². The molecule has 0 spiro atoms. The SMILES string of the molecule is CCCCCCNC(=O)NCC1(C(=O)O)CCC(C)CC1. The van der Waals surface area contributed by atoms with Crippen LogP contribution in [0.4, 0.5) is 4.79 Å². The molecule has 0 bridgehead atoms. The Kier molecular flexibility index (Phi) is 7.54. The van der Waals surface area contributed by atoms with Crippen LogP contribution in [0.3, 0.4) is 0 Å². The van der Waals surface area contributed by atoms with Gasteiger partial charge in [-0.3, -0.25) is 4.79 Å². The Labute approximate surface area is 127 Å². The van der Waals surface area contributed by atoms with Gasteiger partial charge in [-0.25, -0.2) is 4.79 Å². The molecule has 1 aliphatic carbocycles. The molecule has 0 radical (unpaired) electrons. The van der Waals surface area contributed by atoms with Crippen molar-refractivity contribution in [3.05, 3.63) is 0 Å². The molecule has 0 aromatic heterocycles. The Morgan fingerprint density at radius 2 is 1.81 bits per heavy atom. The van der Waals surface area contributed by atoms with Crippen molar-refractivity contribution in [1.29, 1.82) is 0 Å². The van der Waals surface area contributed by atoms with Crippen LogP contribution in [0.25, 0.3) is 0 Å². The van der Waals surface area contributed by atoms with Gasteiger partial charge in [0.25, 0.3) is 0 Å². The highest BCUT2D eigenvalue weighted by Crippen LogP contribution is 2.38. The molecule has 1 rings (SSSR count). The van der Waals surface area contributed by atoms with E-state index in [1.54, 1.807) is 0 Å². The van der Waals surface area contributed by atoms with Gasteiger partial charge in [0.15, 0.2) is 0 Å². The molecule has 1 aliphatic rings. The minimum absolute atomic E-state index is 0.232. The van der Waals surface area contributed by atoms with Crippen LogP contribution in [0.2, 0.25) is 0 Å². The van der Waals surface area contributed by atoms with Crippen LogP contribution in [-0.4, -0.2) is 30.2 Å². The Hall–Kier alpha value is -1.26. The predicted octanol–water partition coefficient (Wildman–Crippen LogP) is 3.15. The lowest BCUT2D eigenvalue weighted by atomic mass is 9.71. The maximum atomic E-state index is 11.7. The van der Waals surface area contributed by atoms with E-state index >= 15 is 0 Å². The number of amides is 2. The third kappa shape index (κ3) is 5.94. The molecule has 122 valence electrons. The Bertz CT molecular complexity index is 336. The fourth-order valence-electron chi connectivity index (χ4n) is 2.85. The lowest BCUT2D eigenvalue weighted by Gasteiger charge is -2.35. The van der Waals surface area contributed by atoms with E-state index in [0.717, 1.165) is 25.7 Å². The number of urea groups is 1. The molecule has 0 saturated heterocycles. The summed E-state index contributed by atoms with van der Waals surface area (Å²) in [6, 6.07) is -0.245. The quantitative estimate of drug-likeness (QED) is 0.602. The fraction of sp³-hybridized carbons (Fsp3) is 0.875. The van der Waals surface area contributed by atoms with E-state index in [1.165, 1.54) is 12.8 Å². The lowest BCUT2D eigenvalue weighted by molar-refractivity contribution is -0.151. The highest BCUT2D eigenvalue weighted by molar-refractivity contribution is 5.78. The summed E-state index contributed by atoms with van der Waals surface area (Å²) in [5.41, 5.74) is -0.772. The zero-order chi connectivity index (χ0) is 15.7. The molecule has 3 N–H and O–H groups in total. The highest BCUT2D eigenvalue weighted by Gasteiger charge is 2.41. The standard InChI is InChI=1S/C16H30N2O3/c1-3-4-5-6-11-17-15(21)18-12-16(14(19)20)9-7-13(2)8-10-16/h13H,3-12H2,1-2H3,(H,19,20)(H2,17,18,21). The largest absolute Gasteiger partial charge is 0.481 e. The van der Waals surface area contributed by atoms with Gasteiger partial charge in [-0.2, -0.15) is 0 Å². The second-order valence-electron chi connectivity index (χ2n) is 6.44. The molecule has 0 aliphatic heterocycles. The average molecular weight is 298 g/mol. The van der Waals surface area contributed by atoms with Gasteiger partial charge in [0.1, 0.15) is 0 Å². The number of unbranched alkanes of at least 4 members (excludes halogenated alkanes) is 3. The van der Waals surface area contributed by atoms with Crippen molar-refractivity contribution in [3.63, 3.8) is 0 Å². The molecule has 21 heavy (non-hydrogen) atoms. The minimum Gasteiger partial charge on any atom is -0.481 e. The van der Waals surface area contributed by atoms with Crippen molar-refractivity contribution >= 4 is 12.0 Å². The van der Waals surface area contributed by atoms with Gasteiger partial charge in [-0.15, -0.1) is 0 Å². The van der Waals surface area contributed by atoms with Gasteiger partial charge < -0.3 is 15.7 Å². The molecule has 0 unspecified atom stereocenters. The fourth-order valence-corrected chi connectivity index (χ4v) is 2.85. The maximum Gasteiger partial charge on any atom is 0.314 e. The summed E-state index contributed by atoms with van der Waals surface area (Å²) in [6.07, 6.45) is 7.60. The zero-order valence-electron chi connectivity index (χ0n) is 13.4. The normalized spacial score (nSPS) is 25.3. The molecule has 0 heterocycles. The van der Waals surface area contributed by atoms with Gasteiger partial charge in [0.2, 0.25) is 0 Å². The first-order chi connectivity index (χ1) is 10.00. The van der Waals surface area contributed by atoms with Crippen LogP contribution in [0, 0.1) is 11.3 Å². The number of aliphatic carboxylic acids is 1. The lowest BCUT2D eigenvalue weighted by Crippen LogP contribution is -2.47. The summed E-state index contributed by atoms with van der Waals surface area (Å²) in [7, 11) is 0. The summed E-state index contributed by atoms with van der Waals surface area (Å²) in [6.45, 7) is 5.19. The molecule has 1 saturated carbocycles. The van der Waals surface area contributed by atoms with Crippen molar-refractivity contribution in [1.82, 2.24) is 10.6 Å². The monoisotopic (exact) mass is 298 g/mol. The first-order valence-electron chi connectivity index (χ1n) is 8.25. The number of rotatable bonds is 8. The van der Waals surface area contributed by atoms with Gasteiger partial charge in [-0.05, 0) is 38.0 Å². The summed E-state index contributed by atoms with van der Waals surface area (Å²) >= 11 is 0. The summed E-state index contributed by atoms with van der Waals surface area (Å²) in [5.74, 6) is -0.192. The number of carbonyl (C=O) groups is 2. The molecule has 0 atom stereocenters. The van der Waals surface area contributed by atoms with Gasteiger partial charge in [0, 0.05) is 13.1 Å². The van der Waals surface area contributed by atoms with E-state index in [4.69, 9.17) is 0 Å². The second-order valence-corrected chi connectivity index (χ2v) is 6.44. The molecular weight excluding hydrogens is 268 g/mol. The van der Waals surface area contributed by atoms with E-state index in [9.17, 15) is 14.7 Å². The molecule has 1 fully saturated rings. The first-order valence-corrected chi connectivity index (χ1v) is 8.25. The Balaban J connectivity index is 2.30. The maximum absolute atomic E-state index is 11.7.